The second-order valence-corrected chi connectivity index (χ2v) is 7.11. The van der Waals surface area contributed by atoms with Crippen molar-refractivity contribution in [3.05, 3.63) is 64.4 Å². The average Bonchev–Trinajstić information content (AvgIpc) is 3.27. The molecular formula is C18H19N5O2S. The minimum absolute atomic E-state index is 0.271. The van der Waals surface area contributed by atoms with Gasteiger partial charge in [-0.25, -0.2) is 9.78 Å². The van der Waals surface area contributed by atoms with Gasteiger partial charge in [-0.15, -0.1) is 0 Å². The molecule has 3 aromatic rings. The van der Waals surface area contributed by atoms with Gasteiger partial charge in [0, 0.05) is 24.7 Å². The van der Waals surface area contributed by atoms with E-state index >= 15 is 0 Å². The minimum Gasteiger partial charge on any atom is -0.375 e. The summed E-state index contributed by atoms with van der Waals surface area (Å²) in [4.78, 5) is 17.6. The van der Waals surface area contributed by atoms with Crippen LogP contribution in [0.25, 0.3) is 0 Å². The quantitative estimate of drug-likeness (QED) is 0.725. The van der Waals surface area contributed by atoms with Crippen molar-refractivity contribution in [2.75, 3.05) is 11.9 Å². The van der Waals surface area contributed by atoms with E-state index in [1.54, 1.807) is 6.20 Å². The van der Waals surface area contributed by atoms with Crippen LogP contribution in [0, 0.1) is 0 Å². The van der Waals surface area contributed by atoms with Crippen LogP contribution in [-0.2, 0) is 30.9 Å². The topological polar surface area (TPSA) is 81.1 Å². The molecule has 1 aliphatic rings. The van der Waals surface area contributed by atoms with Crippen LogP contribution in [-0.4, -0.2) is 27.4 Å². The number of anilines is 1. The number of rotatable bonds is 5. The van der Waals surface area contributed by atoms with Gasteiger partial charge in [0.1, 0.15) is 0 Å². The van der Waals surface area contributed by atoms with Crippen molar-refractivity contribution in [2.45, 2.75) is 26.1 Å². The molecule has 0 aliphatic carbocycles. The molecule has 1 aromatic carbocycles. The first kappa shape index (κ1) is 16.7. The standard InChI is InChI=1S/C18H19N5O2S/c24-17(22-18-21-15-6-7-25-12-16(15)26-18)19-8-14-9-20-23(11-14)10-13-4-2-1-3-5-13/h1-5,9,11H,6-8,10,12H2,(H2,19,21,22,24). The molecule has 1 aliphatic heterocycles. The van der Waals surface area contributed by atoms with E-state index in [0.29, 0.717) is 31.4 Å². The first-order valence-corrected chi connectivity index (χ1v) is 9.24. The van der Waals surface area contributed by atoms with Crippen LogP contribution in [0.3, 0.4) is 0 Å². The van der Waals surface area contributed by atoms with E-state index in [1.165, 1.54) is 16.9 Å². The Kier molecular flexibility index (Phi) is 4.94. The summed E-state index contributed by atoms with van der Waals surface area (Å²) in [5, 5.41) is 10.6. The number of hydrogen-bond donors (Lipinski definition) is 2. The summed E-state index contributed by atoms with van der Waals surface area (Å²) in [5.41, 5.74) is 3.16. The summed E-state index contributed by atoms with van der Waals surface area (Å²) in [7, 11) is 0. The molecule has 0 radical (unpaired) electrons. The summed E-state index contributed by atoms with van der Waals surface area (Å²) in [6.45, 7) is 2.39. The smallest absolute Gasteiger partial charge is 0.321 e. The van der Waals surface area contributed by atoms with Crippen molar-refractivity contribution in [3.8, 4) is 0 Å². The van der Waals surface area contributed by atoms with Gasteiger partial charge in [-0.3, -0.25) is 10.00 Å². The van der Waals surface area contributed by atoms with Crippen LogP contribution in [0.2, 0.25) is 0 Å². The molecule has 0 unspecified atom stereocenters. The van der Waals surface area contributed by atoms with Gasteiger partial charge in [0.25, 0.3) is 0 Å². The molecule has 0 atom stereocenters. The van der Waals surface area contributed by atoms with Gasteiger partial charge in [-0.05, 0) is 5.56 Å². The molecule has 0 bridgehead atoms. The second kappa shape index (κ2) is 7.67. The molecule has 0 saturated carbocycles. The first-order chi connectivity index (χ1) is 12.8. The zero-order valence-corrected chi connectivity index (χ0v) is 15.0. The van der Waals surface area contributed by atoms with Gasteiger partial charge in [-0.2, -0.15) is 5.10 Å². The van der Waals surface area contributed by atoms with Gasteiger partial charge in [0.05, 0.1) is 36.5 Å². The van der Waals surface area contributed by atoms with Crippen LogP contribution in [0.1, 0.15) is 21.7 Å². The molecular weight excluding hydrogens is 350 g/mol. The first-order valence-electron chi connectivity index (χ1n) is 8.43. The number of fused-ring (bicyclic) bond motifs is 1. The number of thiazole rings is 1. The zero-order valence-electron chi connectivity index (χ0n) is 14.1. The van der Waals surface area contributed by atoms with E-state index < -0.39 is 0 Å². The van der Waals surface area contributed by atoms with E-state index in [1.807, 2.05) is 29.1 Å². The summed E-state index contributed by atoms with van der Waals surface area (Å²) in [6.07, 6.45) is 4.51. The van der Waals surface area contributed by atoms with Crippen molar-refractivity contribution in [2.24, 2.45) is 0 Å². The Morgan fingerprint density at radius 1 is 1.27 bits per heavy atom. The number of amides is 2. The van der Waals surface area contributed by atoms with Crippen molar-refractivity contribution in [1.82, 2.24) is 20.1 Å². The Hall–Kier alpha value is -2.71. The summed E-state index contributed by atoms with van der Waals surface area (Å²) < 4.78 is 7.26. The van der Waals surface area contributed by atoms with Crippen molar-refractivity contribution in [3.63, 3.8) is 0 Å². The van der Waals surface area contributed by atoms with E-state index in [2.05, 4.69) is 32.8 Å². The average molecular weight is 369 g/mol. The van der Waals surface area contributed by atoms with E-state index in [9.17, 15) is 4.79 Å². The monoisotopic (exact) mass is 369 g/mol. The largest absolute Gasteiger partial charge is 0.375 e. The molecule has 0 spiro atoms. The Balaban J connectivity index is 1.28. The molecule has 0 fully saturated rings. The Morgan fingerprint density at radius 3 is 3.00 bits per heavy atom. The highest BCUT2D eigenvalue weighted by atomic mass is 32.1. The molecule has 4 rings (SSSR count). The normalized spacial score (nSPS) is 13.2. The third-order valence-electron chi connectivity index (χ3n) is 4.04. The zero-order chi connectivity index (χ0) is 17.8. The third kappa shape index (κ3) is 4.09. The lowest BCUT2D eigenvalue weighted by Gasteiger charge is -2.08. The Labute approximate surface area is 155 Å². The predicted octanol–water partition coefficient (Wildman–Crippen LogP) is 2.78. The summed E-state index contributed by atoms with van der Waals surface area (Å²) in [5.74, 6) is 0. The molecule has 3 heterocycles. The fourth-order valence-corrected chi connectivity index (χ4v) is 3.70. The molecule has 2 aromatic heterocycles. The molecule has 2 N–H and O–H groups in total. The van der Waals surface area contributed by atoms with Crippen molar-refractivity contribution < 1.29 is 9.53 Å². The number of carbonyl (C=O) groups is 1. The lowest BCUT2D eigenvalue weighted by atomic mass is 10.2. The molecule has 7 nitrogen and oxygen atoms in total. The number of hydrogen-bond acceptors (Lipinski definition) is 5. The van der Waals surface area contributed by atoms with E-state index in [0.717, 1.165) is 22.6 Å². The number of aromatic nitrogens is 3. The molecule has 2 amide bonds. The van der Waals surface area contributed by atoms with Crippen LogP contribution in [0.5, 0.6) is 0 Å². The van der Waals surface area contributed by atoms with Crippen LogP contribution >= 0.6 is 11.3 Å². The second-order valence-electron chi connectivity index (χ2n) is 6.03. The summed E-state index contributed by atoms with van der Waals surface area (Å²) in [6, 6.07) is 9.86. The highest BCUT2D eigenvalue weighted by molar-refractivity contribution is 7.15. The maximum atomic E-state index is 12.1. The number of benzene rings is 1. The Bertz CT molecular complexity index is 867. The third-order valence-corrected chi connectivity index (χ3v) is 5.03. The number of nitrogens with one attached hydrogen (secondary N) is 2. The van der Waals surface area contributed by atoms with Crippen LogP contribution in [0.4, 0.5) is 9.93 Å². The summed E-state index contributed by atoms with van der Waals surface area (Å²) >= 11 is 1.47. The maximum absolute atomic E-state index is 12.1. The predicted molar refractivity (Wildman–Crippen MR) is 99.1 cm³/mol. The molecule has 26 heavy (non-hydrogen) atoms. The molecule has 0 saturated heterocycles. The van der Waals surface area contributed by atoms with Gasteiger partial charge in [-0.1, -0.05) is 41.7 Å². The van der Waals surface area contributed by atoms with E-state index in [-0.39, 0.29) is 6.03 Å². The van der Waals surface area contributed by atoms with Crippen LogP contribution < -0.4 is 10.6 Å². The van der Waals surface area contributed by atoms with Crippen molar-refractivity contribution >= 4 is 22.5 Å². The van der Waals surface area contributed by atoms with Gasteiger partial charge in [0.2, 0.25) is 0 Å². The number of nitrogens with zero attached hydrogens (tertiary/aromatic N) is 3. The lowest BCUT2D eigenvalue weighted by molar-refractivity contribution is 0.112. The Morgan fingerprint density at radius 2 is 2.15 bits per heavy atom. The van der Waals surface area contributed by atoms with Crippen LogP contribution in [0.15, 0.2) is 42.7 Å². The van der Waals surface area contributed by atoms with Gasteiger partial charge < -0.3 is 10.1 Å². The fraction of sp³-hybridized carbons (Fsp3) is 0.278. The number of carbonyl (C=O) groups excluding carboxylic acids is 1. The SMILES string of the molecule is O=C(NCc1cnn(Cc2ccccc2)c1)Nc1nc2c(s1)COCC2. The van der Waals surface area contributed by atoms with Crippen molar-refractivity contribution in [1.29, 1.82) is 0 Å². The fourth-order valence-electron chi connectivity index (χ4n) is 2.76. The number of ether oxygens (including phenoxy) is 1. The highest BCUT2D eigenvalue weighted by Gasteiger charge is 2.16. The maximum Gasteiger partial charge on any atom is 0.321 e. The van der Waals surface area contributed by atoms with Gasteiger partial charge >= 0.3 is 6.03 Å². The number of urea groups is 1. The van der Waals surface area contributed by atoms with Gasteiger partial charge in [0.15, 0.2) is 5.13 Å². The highest BCUT2D eigenvalue weighted by Crippen LogP contribution is 2.26. The molecule has 8 heteroatoms. The van der Waals surface area contributed by atoms with E-state index in [4.69, 9.17) is 4.74 Å². The minimum atomic E-state index is -0.271. The lowest BCUT2D eigenvalue weighted by Crippen LogP contribution is -2.28. The molecule has 134 valence electrons.